The monoisotopic (exact) mass is 288 g/mol. The summed E-state index contributed by atoms with van der Waals surface area (Å²) in [5.41, 5.74) is 2.89. The Morgan fingerprint density at radius 3 is 2.62 bits per heavy atom. The number of piperazine rings is 1. The van der Waals surface area contributed by atoms with E-state index in [-0.39, 0.29) is 0 Å². The van der Waals surface area contributed by atoms with Crippen molar-refractivity contribution in [1.29, 1.82) is 0 Å². The van der Waals surface area contributed by atoms with Crippen LogP contribution in [0, 0.1) is 0 Å². The molecule has 1 heterocycles. The van der Waals surface area contributed by atoms with Crippen molar-refractivity contribution in [3.05, 3.63) is 29.3 Å². The predicted molar refractivity (Wildman–Crippen MR) is 87.0 cm³/mol. The predicted octanol–water partition coefficient (Wildman–Crippen LogP) is 3.15. The van der Waals surface area contributed by atoms with Crippen LogP contribution in [-0.2, 0) is 6.54 Å². The van der Waals surface area contributed by atoms with Crippen molar-refractivity contribution in [2.75, 3.05) is 33.3 Å². The smallest absolute Gasteiger partial charge is 0.122 e. The molecular formula is C18H28N2O. The fraction of sp³-hybridized carbons (Fsp3) is 0.667. The molecule has 1 aliphatic heterocycles. The van der Waals surface area contributed by atoms with E-state index >= 15 is 0 Å². The fourth-order valence-corrected chi connectivity index (χ4v) is 3.74. The van der Waals surface area contributed by atoms with E-state index in [9.17, 15) is 0 Å². The second-order valence-corrected chi connectivity index (χ2v) is 6.44. The molecule has 3 rings (SSSR count). The molecule has 3 heteroatoms. The van der Waals surface area contributed by atoms with Gasteiger partial charge in [0.2, 0.25) is 0 Å². The molecule has 3 nitrogen and oxygen atoms in total. The van der Waals surface area contributed by atoms with Gasteiger partial charge in [0, 0.05) is 32.7 Å². The van der Waals surface area contributed by atoms with E-state index < -0.39 is 0 Å². The first kappa shape index (κ1) is 14.9. The average molecular weight is 288 g/mol. The van der Waals surface area contributed by atoms with Crippen molar-refractivity contribution in [2.45, 2.75) is 44.6 Å². The van der Waals surface area contributed by atoms with E-state index in [2.05, 4.69) is 28.4 Å². The Kier molecular flexibility index (Phi) is 5.15. The zero-order valence-corrected chi connectivity index (χ0v) is 13.2. The Balaban J connectivity index is 1.75. The summed E-state index contributed by atoms with van der Waals surface area (Å²) in [6.07, 6.45) is 6.80. The van der Waals surface area contributed by atoms with Crippen LogP contribution >= 0.6 is 0 Å². The molecule has 1 saturated carbocycles. The van der Waals surface area contributed by atoms with Crippen LogP contribution in [0.15, 0.2) is 18.2 Å². The molecule has 0 spiro atoms. The molecule has 1 saturated heterocycles. The van der Waals surface area contributed by atoms with E-state index in [1.54, 1.807) is 7.11 Å². The van der Waals surface area contributed by atoms with Gasteiger partial charge in [-0.3, -0.25) is 4.90 Å². The first-order valence-electron chi connectivity index (χ1n) is 8.46. The van der Waals surface area contributed by atoms with Gasteiger partial charge in [0.1, 0.15) is 5.75 Å². The van der Waals surface area contributed by atoms with Gasteiger partial charge in [0.05, 0.1) is 7.11 Å². The van der Waals surface area contributed by atoms with Crippen molar-refractivity contribution < 1.29 is 4.74 Å². The van der Waals surface area contributed by atoms with E-state index in [0.717, 1.165) is 38.5 Å². The largest absolute Gasteiger partial charge is 0.496 e. The quantitative estimate of drug-likeness (QED) is 0.921. The number of nitrogens with zero attached hydrogens (tertiary/aromatic N) is 1. The van der Waals surface area contributed by atoms with Gasteiger partial charge in [-0.25, -0.2) is 0 Å². The third kappa shape index (κ3) is 3.78. The minimum Gasteiger partial charge on any atom is -0.496 e. The van der Waals surface area contributed by atoms with Crippen LogP contribution in [0.25, 0.3) is 0 Å². The Bertz CT molecular complexity index is 449. The molecule has 1 aliphatic carbocycles. The van der Waals surface area contributed by atoms with Crippen LogP contribution < -0.4 is 10.1 Å². The minimum absolute atomic E-state index is 0.705. The Labute approximate surface area is 128 Å². The highest BCUT2D eigenvalue weighted by Crippen LogP contribution is 2.38. The first-order valence-corrected chi connectivity index (χ1v) is 8.46. The molecule has 2 aliphatic rings. The summed E-state index contributed by atoms with van der Waals surface area (Å²) >= 11 is 0. The Morgan fingerprint density at radius 2 is 1.90 bits per heavy atom. The van der Waals surface area contributed by atoms with Crippen LogP contribution in [0.5, 0.6) is 5.75 Å². The second-order valence-electron chi connectivity index (χ2n) is 6.44. The van der Waals surface area contributed by atoms with Gasteiger partial charge in [0.15, 0.2) is 0 Å². The Morgan fingerprint density at radius 1 is 1.14 bits per heavy atom. The molecule has 0 radical (unpaired) electrons. The normalized spacial score (nSPS) is 21.4. The molecule has 0 atom stereocenters. The van der Waals surface area contributed by atoms with Gasteiger partial charge in [-0.05, 0) is 36.0 Å². The van der Waals surface area contributed by atoms with Crippen molar-refractivity contribution in [3.8, 4) is 5.75 Å². The molecule has 0 unspecified atom stereocenters. The summed E-state index contributed by atoms with van der Waals surface area (Å²) in [7, 11) is 1.80. The van der Waals surface area contributed by atoms with E-state index in [0.29, 0.717) is 5.92 Å². The maximum absolute atomic E-state index is 5.62. The number of hydrogen-bond donors (Lipinski definition) is 1. The maximum Gasteiger partial charge on any atom is 0.122 e. The molecule has 21 heavy (non-hydrogen) atoms. The van der Waals surface area contributed by atoms with Crippen LogP contribution in [-0.4, -0.2) is 38.2 Å². The minimum atomic E-state index is 0.705. The SMILES string of the molecule is COc1ccc(CN2CCNCC2)cc1C1CCCCC1. The van der Waals surface area contributed by atoms with Gasteiger partial charge in [-0.15, -0.1) is 0 Å². The Hall–Kier alpha value is -1.06. The number of benzene rings is 1. The average Bonchev–Trinajstić information content (AvgIpc) is 2.56. The van der Waals surface area contributed by atoms with Gasteiger partial charge in [-0.2, -0.15) is 0 Å². The third-order valence-electron chi connectivity index (χ3n) is 4.95. The lowest BCUT2D eigenvalue weighted by molar-refractivity contribution is 0.233. The van der Waals surface area contributed by atoms with Crippen LogP contribution in [0.1, 0.15) is 49.1 Å². The van der Waals surface area contributed by atoms with Gasteiger partial charge in [0.25, 0.3) is 0 Å². The van der Waals surface area contributed by atoms with E-state index in [1.165, 1.54) is 43.2 Å². The standard InChI is InChI=1S/C18H28N2O/c1-21-18-8-7-15(14-20-11-9-19-10-12-20)13-17(18)16-5-3-2-4-6-16/h7-8,13,16,19H,2-6,9-12,14H2,1H3. The lowest BCUT2D eigenvalue weighted by Gasteiger charge is -2.28. The van der Waals surface area contributed by atoms with Crippen molar-refractivity contribution >= 4 is 0 Å². The second kappa shape index (κ2) is 7.28. The van der Waals surface area contributed by atoms with E-state index in [4.69, 9.17) is 4.74 Å². The van der Waals surface area contributed by atoms with Gasteiger partial charge >= 0.3 is 0 Å². The maximum atomic E-state index is 5.62. The zero-order chi connectivity index (χ0) is 14.5. The molecule has 116 valence electrons. The number of ether oxygens (including phenoxy) is 1. The number of methoxy groups -OCH3 is 1. The topological polar surface area (TPSA) is 24.5 Å². The van der Waals surface area contributed by atoms with Crippen LogP contribution in [0.4, 0.5) is 0 Å². The third-order valence-corrected chi connectivity index (χ3v) is 4.95. The molecule has 1 N–H and O–H groups in total. The molecule has 0 amide bonds. The van der Waals surface area contributed by atoms with Crippen molar-refractivity contribution in [3.63, 3.8) is 0 Å². The molecule has 1 aromatic rings. The number of hydrogen-bond acceptors (Lipinski definition) is 3. The van der Waals surface area contributed by atoms with Crippen molar-refractivity contribution in [1.82, 2.24) is 10.2 Å². The molecule has 0 bridgehead atoms. The summed E-state index contributed by atoms with van der Waals surface area (Å²) in [4.78, 5) is 2.54. The van der Waals surface area contributed by atoms with Crippen LogP contribution in [0.2, 0.25) is 0 Å². The van der Waals surface area contributed by atoms with Crippen LogP contribution in [0.3, 0.4) is 0 Å². The summed E-state index contributed by atoms with van der Waals surface area (Å²) < 4.78 is 5.62. The highest BCUT2D eigenvalue weighted by Gasteiger charge is 2.20. The number of nitrogens with one attached hydrogen (secondary N) is 1. The first-order chi connectivity index (χ1) is 10.4. The lowest BCUT2D eigenvalue weighted by atomic mass is 9.83. The van der Waals surface area contributed by atoms with Gasteiger partial charge in [-0.1, -0.05) is 31.4 Å². The highest BCUT2D eigenvalue weighted by molar-refractivity contribution is 5.40. The van der Waals surface area contributed by atoms with Gasteiger partial charge < -0.3 is 10.1 Å². The molecule has 0 aromatic heterocycles. The molecule has 2 fully saturated rings. The highest BCUT2D eigenvalue weighted by atomic mass is 16.5. The lowest BCUT2D eigenvalue weighted by Crippen LogP contribution is -2.42. The molecule has 1 aromatic carbocycles. The summed E-state index contributed by atoms with van der Waals surface area (Å²) in [6.45, 7) is 5.62. The zero-order valence-electron chi connectivity index (χ0n) is 13.2. The summed E-state index contributed by atoms with van der Waals surface area (Å²) in [5, 5.41) is 3.42. The summed E-state index contributed by atoms with van der Waals surface area (Å²) in [5.74, 6) is 1.79. The molecular weight excluding hydrogens is 260 g/mol. The number of rotatable bonds is 4. The fourth-order valence-electron chi connectivity index (χ4n) is 3.74. The summed E-state index contributed by atoms with van der Waals surface area (Å²) in [6, 6.07) is 6.84. The van der Waals surface area contributed by atoms with Crippen molar-refractivity contribution in [2.24, 2.45) is 0 Å². The van der Waals surface area contributed by atoms with E-state index in [1.807, 2.05) is 0 Å².